The zero-order valence-electron chi connectivity index (χ0n) is 13.9. The number of nitrogens with zero attached hydrogens (tertiary/aromatic N) is 2. The molecule has 136 valence electrons. The summed E-state index contributed by atoms with van der Waals surface area (Å²) < 4.78 is 9.79. The van der Waals surface area contributed by atoms with E-state index in [4.69, 9.17) is 4.74 Å². The molecule has 1 aromatic carbocycles. The highest BCUT2D eigenvalue weighted by Crippen LogP contribution is 2.19. The van der Waals surface area contributed by atoms with Crippen LogP contribution >= 0.6 is 0 Å². The molecule has 3 amide bonds. The van der Waals surface area contributed by atoms with E-state index in [1.165, 1.54) is 29.2 Å². The smallest absolute Gasteiger partial charge is 0.413 e. The van der Waals surface area contributed by atoms with Gasteiger partial charge in [0, 0.05) is 12.6 Å². The molecule has 0 bridgehead atoms. The zero-order chi connectivity index (χ0) is 18.8. The number of alkyl carbamates (subject to hydrolysis) is 1. The van der Waals surface area contributed by atoms with Crippen LogP contribution in [0.1, 0.15) is 13.8 Å². The van der Waals surface area contributed by atoms with Gasteiger partial charge in [0.15, 0.2) is 6.61 Å². The lowest BCUT2D eigenvalue weighted by atomic mass is 10.3. The molecule has 0 saturated carbocycles. The molecular formula is C15H19N3O7. The van der Waals surface area contributed by atoms with Crippen LogP contribution in [0.2, 0.25) is 0 Å². The summed E-state index contributed by atoms with van der Waals surface area (Å²) in [5.41, 5.74) is -0.161. The number of hydrogen-bond acceptors (Lipinski definition) is 7. The summed E-state index contributed by atoms with van der Waals surface area (Å²) in [5, 5.41) is 12.7. The van der Waals surface area contributed by atoms with E-state index in [9.17, 15) is 24.5 Å². The fraction of sp³-hybridized carbons (Fsp3) is 0.400. The lowest BCUT2D eigenvalue weighted by Gasteiger charge is -2.20. The Balaban J connectivity index is 2.56. The second-order valence-corrected chi connectivity index (χ2v) is 4.72. The minimum absolute atomic E-state index is 0.118. The highest BCUT2D eigenvalue weighted by molar-refractivity contribution is 5.94. The summed E-state index contributed by atoms with van der Waals surface area (Å²) in [6, 6.07) is 5.40. The SMILES string of the molecule is CCOC(=O)NC(=O)CN(CC)C(=O)COc1cccc([N+](=O)[O-])c1. The number of hydrogen-bond donors (Lipinski definition) is 1. The predicted molar refractivity (Wildman–Crippen MR) is 86.0 cm³/mol. The fourth-order valence-electron chi connectivity index (χ4n) is 1.79. The van der Waals surface area contributed by atoms with Crippen LogP contribution in [-0.4, -0.2) is 54.0 Å². The fourth-order valence-corrected chi connectivity index (χ4v) is 1.79. The molecule has 0 radical (unpaired) electrons. The number of ether oxygens (including phenoxy) is 2. The Bertz CT molecular complexity index is 648. The van der Waals surface area contributed by atoms with Crippen molar-refractivity contribution in [3.63, 3.8) is 0 Å². The topological polar surface area (TPSA) is 128 Å². The van der Waals surface area contributed by atoms with Crippen molar-refractivity contribution in [3.8, 4) is 5.75 Å². The molecule has 0 aromatic heterocycles. The van der Waals surface area contributed by atoms with Crippen molar-refractivity contribution in [2.24, 2.45) is 0 Å². The molecule has 10 heteroatoms. The molecule has 0 aliphatic carbocycles. The third-order valence-corrected chi connectivity index (χ3v) is 2.98. The van der Waals surface area contributed by atoms with Crippen LogP contribution in [0.4, 0.5) is 10.5 Å². The Morgan fingerprint density at radius 2 is 2.00 bits per heavy atom. The van der Waals surface area contributed by atoms with Crippen molar-refractivity contribution in [1.29, 1.82) is 0 Å². The number of imide groups is 1. The second-order valence-electron chi connectivity index (χ2n) is 4.72. The molecule has 1 aromatic rings. The number of nitro groups is 1. The van der Waals surface area contributed by atoms with Crippen molar-refractivity contribution in [2.75, 3.05) is 26.3 Å². The second kappa shape index (κ2) is 9.85. The van der Waals surface area contributed by atoms with Gasteiger partial charge in [-0.1, -0.05) is 6.07 Å². The van der Waals surface area contributed by atoms with Crippen LogP contribution in [0.25, 0.3) is 0 Å². The Hall–Kier alpha value is -3.17. The molecule has 0 saturated heterocycles. The number of nitro benzene ring substituents is 1. The minimum atomic E-state index is -0.885. The normalized spacial score (nSPS) is 9.84. The van der Waals surface area contributed by atoms with Crippen molar-refractivity contribution in [3.05, 3.63) is 34.4 Å². The lowest BCUT2D eigenvalue weighted by molar-refractivity contribution is -0.384. The number of carbonyl (C=O) groups excluding carboxylic acids is 3. The quantitative estimate of drug-likeness (QED) is 0.547. The van der Waals surface area contributed by atoms with Gasteiger partial charge in [0.25, 0.3) is 11.6 Å². The van der Waals surface area contributed by atoms with Crippen LogP contribution in [0.5, 0.6) is 5.75 Å². The standard InChI is InChI=1S/C15H19N3O7/c1-3-17(9-13(19)16-15(21)24-4-2)14(20)10-25-12-7-5-6-11(8-12)18(22)23/h5-8H,3-4,9-10H2,1-2H3,(H,16,19,21). The Labute approximate surface area is 143 Å². The zero-order valence-corrected chi connectivity index (χ0v) is 13.9. The first kappa shape index (κ1) is 19.9. The van der Waals surface area contributed by atoms with E-state index in [1.807, 2.05) is 5.32 Å². The highest BCUT2D eigenvalue weighted by Gasteiger charge is 2.18. The minimum Gasteiger partial charge on any atom is -0.484 e. The first-order valence-electron chi connectivity index (χ1n) is 7.49. The van der Waals surface area contributed by atoms with Gasteiger partial charge in [0.2, 0.25) is 5.91 Å². The van der Waals surface area contributed by atoms with Crippen molar-refractivity contribution in [2.45, 2.75) is 13.8 Å². The molecule has 0 aliphatic heterocycles. The Kier molecular flexibility index (Phi) is 7.83. The molecule has 0 heterocycles. The summed E-state index contributed by atoms with van der Waals surface area (Å²) in [7, 11) is 0. The van der Waals surface area contributed by atoms with E-state index in [0.717, 1.165) is 0 Å². The van der Waals surface area contributed by atoms with E-state index in [-0.39, 0.29) is 31.1 Å². The van der Waals surface area contributed by atoms with Crippen molar-refractivity contribution < 1.29 is 28.8 Å². The third kappa shape index (κ3) is 6.85. The number of amides is 3. The van der Waals surface area contributed by atoms with Gasteiger partial charge in [-0.25, -0.2) is 4.79 Å². The molecular weight excluding hydrogens is 334 g/mol. The molecule has 0 atom stereocenters. The van der Waals surface area contributed by atoms with Gasteiger partial charge in [-0.2, -0.15) is 0 Å². The van der Waals surface area contributed by atoms with Crippen LogP contribution in [0.15, 0.2) is 24.3 Å². The van der Waals surface area contributed by atoms with Gasteiger partial charge in [-0.3, -0.25) is 25.0 Å². The molecule has 1 N–H and O–H groups in total. The molecule has 0 aliphatic rings. The van der Waals surface area contributed by atoms with Crippen LogP contribution in [-0.2, 0) is 14.3 Å². The van der Waals surface area contributed by atoms with Gasteiger partial charge in [0.1, 0.15) is 12.3 Å². The number of nitrogens with one attached hydrogen (secondary N) is 1. The van der Waals surface area contributed by atoms with E-state index in [2.05, 4.69) is 4.74 Å². The number of non-ortho nitro benzene ring substituents is 1. The summed E-state index contributed by atoms with van der Waals surface area (Å²) in [5.74, 6) is -1.04. The summed E-state index contributed by atoms with van der Waals surface area (Å²) in [4.78, 5) is 46.2. The summed E-state index contributed by atoms with van der Waals surface area (Å²) in [6.45, 7) is 2.84. The van der Waals surface area contributed by atoms with E-state index in [0.29, 0.717) is 0 Å². The first-order valence-corrected chi connectivity index (χ1v) is 7.49. The van der Waals surface area contributed by atoms with E-state index < -0.39 is 29.4 Å². The van der Waals surface area contributed by atoms with E-state index in [1.54, 1.807) is 13.8 Å². The van der Waals surface area contributed by atoms with Crippen LogP contribution in [0, 0.1) is 10.1 Å². The van der Waals surface area contributed by atoms with Crippen LogP contribution in [0.3, 0.4) is 0 Å². The first-order chi connectivity index (χ1) is 11.9. The van der Waals surface area contributed by atoms with Crippen molar-refractivity contribution in [1.82, 2.24) is 10.2 Å². The Morgan fingerprint density at radius 3 is 2.60 bits per heavy atom. The number of likely N-dealkylation sites (N-methyl/N-ethyl adjacent to an activating group) is 1. The molecule has 0 fully saturated rings. The van der Waals surface area contributed by atoms with Gasteiger partial charge < -0.3 is 14.4 Å². The van der Waals surface area contributed by atoms with Gasteiger partial charge in [0.05, 0.1) is 17.6 Å². The monoisotopic (exact) mass is 353 g/mol. The number of rotatable bonds is 8. The van der Waals surface area contributed by atoms with Gasteiger partial charge in [-0.15, -0.1) is 0 Å². The maximum Gasteiger partial charge on any atom is 0.413 e. The predicted octanol–water partition coefficient (Wildman–Crippen LogP) is 1.09. The van der Waals surface area contributed by atoms with Gasteiger partial charge in [-0.05, 0) is 19.9 Å². The average Bonchev–Trinajstić information content (AvgIpc) is 2.57. The summed E-state index contributed by atoms with van der Waals surface area (Å²) >= 11 is 0. The third-order valence-electron chi connectivity index (χ3n) is 2.98. The van der Waals surface area contributed by atoms with Crippen molar-refractivity contribution >= 4 is 23.6 Å². The summed E-state index contributed by atoms with van der Waals surface area (Å²) in [6.07, 6.45) is -0.885. The number of benzene rings is 1. The molecule has 25 heavy (non-hydrogen) atoms. The average molecular weight is 353 g/mol. The molecule has 0 unspecified atom stereocenters. The van der Waals surface area contributed by atoms with E-state index >= 15 is 0 Å². The lowest BCUT2D eigenvalue weighted by Crippen LogP contribution is -2.44. The molecule has 10 nitrogen and oxygen atoms in total. The van der Waals surface area contributed by atoms with Crippen LogP contribution < -0.4 is 10.1 Å². The highest BCUT2D eigenvalue weighted by atomic mass is 16.6. The largest absolute Gasteiger partial charge is 0.484 e. The molecule has 0 spiro atoms. The number of carbonyl (C=O) groups is 3. The Morgan fingerprint density at radius 1 is 1.28 bits per heavy atom. The van der Waals surface area contributed by atoms with Gasteiger partial charge >= 0.3 is 6.09 Å². The molecule has 1 rings (SSSR count). The maximum absolute atomic E-state index is 12.1. The maximum atomic E-state index is 12.1.